The third kappa shape index (κ3) is 5.57. The van der Waals surface area contributed by atoms with Crippen molar-refractivity contribution in [3.63, 3.8) is 0 Å². The molecule has 0 aromatic heterocycles. The van der Waals surface area contributed by atoms with Crippen LogP contribution in [0.5, 0.6) is 5.75 Å². The van der Waals surface area contributed by atoms with E-state index in [9.17, 15) is 14.7 Å². The molecule has 0 aliphatic carbocycles. The van der Waals surface area contributed by atoms with Gasteiger partial charge in [0.05, 0.1) is 0 Å². The maximum atomic E-state index is 13.3. The molecule has 1 unspecified atom stereocenters. The zero-order valence-electron chi connectivity index (χ0n) is 18.1. The highest BCUT2D eigenvalue weighted by molar-refractivity contribution is 9.10. The molecule has 170 valence electrons. The van der Waals surface area contributed by atoms with E-state index in [2.05, 4.69) is 15.9 Å². The van der Waals surface area contributed by atoms with Crippen LogP contribution in [0.15, 0.2) is 71.2 Å². The monoisotopic (exact) mass is 527 g/mol. The number of nitrogens with zero attached hydrogens (tertiary/aromatic N) is 1. The number of hydrogen-bond acceptors (Lipinski definition) is 3. The van der Waals surface area contributed by atoms with E-state index in [1.54, 1.807) is 12.1 Å². The maximum absolute atomic E-state index is 13.3. The molecule has 3 aromatic carbocycles. The maximum Gasteiger partial charge on any atom is 0.323 e. The normalized spacial score (nSPS) is 16.7. The van der Waals surface area contributed by atoms with Gasteiger partial charge < -0.3 is 14.7 Å². The summed E-state index contributed by atoms with van der Waals surface area (Å²) in [5.74, 6) is -0.659. The van der Waals surface area contributed by atoms with Crippen molar-refractivity contribution in [2.75, 3.05) is 6.54 Å². The van der Waals surface area contributed by atoms with E-state index in [1.807, 2.05) is 61.5 Å². The van der Waals surface area contributed by atoms with Crippen molar-refractivity contribution in [2.24, 2.45) is 0 Å². The van der Waals surface area contributed by atoms with E-state index in [4.69, 9.17) is 16.3 Å². The molecule has 1 heterocycles. The molecular weight excluding hydrogens is 506 g/mol. The lowest BCUT2D eigenvalue weighted by molar-refractivity contribution is -0.137. The lowest BCUT2D eigenvalue weighted by Gasteiger charge is -2.24. The largest absolute Gasteiger partial charge is 0.487 e. The Morgan fingerprint density at radius 3 is 2.64 bits per heavy atom. The Bertz CT molecular complexity index is 1210. The summed E-state index contributed by atoms with van der Waals surface area (Å²) >= 11 is 9.75. The van der Waals surface area contributed by atoms with Crippen molar-refractivity contribution < 1.29 is 19.4 Å². The Balaban J connectivity index is 1.54. The van der Waals surface area contributed by atoms with Gasteiger partial charge in [0, 0.05) is 34.4 Å². The van der Waals surface area contributed by atoms with E-state index in [1.165, 1.54) is 4.90 Å². The van der Waals surface area contributed by atoms with Gasteiger partial charge in [0.25, 0.3) is 5.91 Å². The highest BCUT2D eigenvalue weighted by Gasteiger charge is 2.36. The number of hydrogen-bond donors (Lipinski definition) is 1. The lowest BCUT2D eigenvalue weighted by atomic mass is 9.91. The van der Waals surface area contributed by atoms with Crippen LogP contribution in [-0.2, 0) is 24.2 Å². The topological polar surface area (TPSA) is 66.8 Å². The number of fused-ring (bicyclic) bond motifs is 1. The van der Waals surface area contributed by atoms with E-state index >= 15 is 0 Å². The van der Waals surface area contributed by atoms with Crippen LogP contribution in [-0.4, -0.2) is 34.0 Å². The van der Waals surface area contributed by atoms with Gasteiger partial charge in [-0.1, -0.05) is 57.9 Å². The van der Waals surface area contributed by atoms with Crippen LogP contribution in [0.1, 0.15) is 34.0 Å². The molecule has 0 saturated heterocycles. The lowest BCUT2D eigenvalue weighted by Crippen LogP contribution is -2.35. The molecule has 0 fully saturated rings. The van der Waals surface area contributed by atoms with Gasteiger partial charge in [0.15, 0.2) is 0 Å². The fraction of sp³-hybridized carbons (Fsp3) is 0.231. The van der Waals surface area contributed by atoms with E-state index in [0.29, 0.717) is 23.4 Å². The summed E-state index contributed by atoms with van der Waals surface area (Å²) in [7, 11) is 0. The molecule has 0 radical (unpaired) electrons. The summed E-state index contributed by atoms with van der Waals surface area (Å²) in [5, 5.41) is 10.1. The van der Waals surface area contributed by atoms with Crippen LogP contribution in [0.3, 0.4) is 0 Å². The molecule has 4 rings (SSSR count). The van der Waals surface area contributed by atoms with Crippen LogP contribution >= 0.6 is 27.5 Å². The summed E-state index contributed by atoms with van der Waals surface area (Å²) < 4.78 is 7.11. The summed E-state index contributed by atoms with van der Waals surface area (Å²) in [4.78, 5) is 26.0. The first-order valence-corrected chi connectivity index (χ1v) is 11.7. The average Bonchev–Trinajstić information content (AvgIpc) is 3.09. The van der Waals surface area contributed by atoms with E-state index in [-0.39, 0.29) is 19.0 Å². The van der Waals surface area contributed by atoms with Crippen molar-refractivity contribution in [2.45, 2.75) is 31.9 Å². The second-order valence-corrected chi connectivity index (χ2v) is 9.83. The number of benzene rings is 3. The van der Waals surface area contributed by atoms with E-state index < -0.39 is 11.6 Å². The number of carbonyl (C=O) groups is 2. The Kier molecular flexibility index (Phi) is 6.77. The van der Waals surface area contributed by atoms with Gasteiger partial charge in [-0.3, -0.25) is 9.59 Å². The van der Waals surface area contributed by atoms with Gasteiger partial charge in [-0.25, -0.2) is 0 Å². The minimum absolute atomic E-state index is 0.197. The molecule has 0 saturated carbocycles. The number of ether oxygens (including phenoxy) is 1. The van der Waals surface area contributed by atoms with Crippen LogP contribution < -0.4 is 4.74 Å². The molecule has 1 amide bonds. The number of halogens is 2. The second kappa shape index (κ2) is 9.57. The number of carbonyl (C=O) groups excluding carboxylic acids is 1. The van der Waals surface area contributed by atoms with Crippen LogP contribution in [0.2, 0.25) is 5.02 Å². The van der Waals surface area contributed by atoms with Crippen molar-refractivity contribution in [3.8, 4) is 5.75 Å². The fourth-order valence-corrected chi connectivity index (χ4v) is 4.85. The molecule has 5 nitrogen and oxygen atoms in total. The Morgan fingerprint density at radius 1 is 1.12 bits per heavy atom. The van der Waals surface area contributed by atoms with Gasteiger partial charge >= 0.3 is 5.97 Å². The molecule has 1 aliphatic rings. The predicted octanol–water partition coefficient (Wildman–Crippen LogP) is 5.77. The third-order valence-corrected chi connectivity index (χ3v) is 6.49. The predicted molar refractivity (Wildman–Crippen MR) is 131 cm³/mol. The molecule has 0 spiro atoms. The SMILES string of the molecule is CC1(Cc2ccccc2Cl)Cc2cc(C(=O)N(CC(=O)O)Cc3cccc(Br)c3)ccc2O1. The molecule has 1 N–H and O–H groups in total. The molecule has 0 bridgehead atoms. The Morgan fingerprint density at radius 2 is 1.91 bits per heavy atom. The minimum Gasteiger partial charge on any atom is -0.487 e. The molecule has 1 atom stereocenters. The first-order valence-electron chi connectivity index (χ1n) is 10.5. The van der Waals surface area contributed by atoms with Gasteiger partial charge in [-0.15, -0.1) is 0 Å². The van der Waals surface area contributed by atoms with Crippen molar-refractivity contribution in [1.29, 1.82) is 0 Å². The number of aliphatic carboxylic acids is 1. The van der Waals surface area contributed by atoms with Crippen LogP contribution in [0.4, 0.5) is 0 Å². The molecule has 33 heavy (non-hydrogen) atoms. The first-order chi connectivity index (χ1) is 15.7. The van der Waals surface area contributed by atoms with Gasteiger partial charge in [0.2, 0.25) is 0 Å². The van der Waals surface area contributed by atoms with Crippen molar-refractivity contribution in [3.05, 3.63) is 98.5 Å². The molecular formula is C26H23BrClNO4. The summed E-state index contributed by atoms with van der Waals surface area (Å²) in [5.41, 5.74) is 2.73. The summed E-state index contributed by atoms with van der Waals surface area (Å²) in [6.45, 7) is 1.84. The van der Waals surface area contributed by atoms with Crippen molar-refractivity contribution >= 4 is 39.4 Å². The Labute approximate surface area is 206 Å². The highest BCUT2D eigenvalue weighted by Crippen LogP contribution is 2.38. The fourth-order valence-electron chi connectivity index (χ4n) is 4.20. The number of rotatable bonds is 7. The first kappa shape index (κ1) is 23.3. The summed E-state index contributed by atoms with van der Waals surface area (Å²) in [6.07, 6.45) is 1.26. The second-order valence-electron chi connectivity index (χ2n) is 8.50. The van der Waals surface area contributed by atoms with Gasteiger partial charge in [-0.2, -0.15) is 0 Å². The molecule has 1 aliphatic heterocycles. The number of carboxylic acid groups (broad SMARTS) is 1. The molecule has 3 aromatic rings. The smallest absolute Gasteiger partial charge is 0.323 e. The zero-order chi connectivity index (χ0) is 23.6. The number of amides is 1. The van der Waals surface area contributed by atoms with Gasteiger partial charge in [0.1, 0.15) is 17.9 Å². The summed E-state index contributed by atoms with van der Waals surface area (Å²) in [6, 6.07) is 20.5. The highest BCUT2D eigenvalue weighted by atomic mass is 79.9. The number of carboxylic acids is 1. The standard InChI is InChI=1S/C26H23BrClNO4/c1-26(13-19-6-2-3-8-22(19)28)14-20-12-18(9-10-23(20)33-26)25(32)29(16-24(30)31)15-17-5-4-7-21(27)11-17/h2-12H,13-16H2,1H3,(H,30,31). The quantitative estimate of drug-likeness (QED) is 0.423. The van der Waals surface area contributed by atoms with Crippen LogP contribution in [0, 0.1) is 0 Å². The zero-order valence-corrected chi connectivity index (χ0v) is 20.4. The molecule has 7 heteroatoms. The average molecular weight is 529 g/mol. The third-order valence-electron chi connectivity index (χ3n) is 5.63. The minimum atomic E-state index is -1.06. The Hall–Kier alpha value is -2.83. The van der Waals surface area contributed by atoms with Crippen LogP contribution in [0.25, 0.3) is 0 Å². The van der Waals surface area contributed by atoms with Gasteiger partial charge in [-0.05, 0) is 60.0 Å². The van der Waals surface area contributed by atoms with Crippen molar-refractivity contribution in [1.82, 2.24) is 4.90 Å². The van der Waals surface area contributed by atoms with E-state index in [0.717, 1.165) is 26.9 Å².